The largest absolute Gasteiger partial charge is 0.477 e. The molecular formula is C53H54N18O8S3. The number of pyridine rings is 1. The van der Waals surface area contributed by atoms with Gasteiger partial charge in [0.25, 0.3) is 0 Å². The maximum atomic E-state index is 11.6. The van der Waals surface area contributed by atoms with Crippen LogP contribution in [-0.4, -0.2) is 159 Å². The molecule has 0 aromatic carbocycles. The molecule has 0 saturated carbocycles. The van der Waals surface area contributed by atoms with Crippen LogP contribution in [0.1, 0.15) is 61.2 Å². The van der Waals surface area contributed by atoms with Gasteiger partial charge in [-0.15, -0.1) is 0 Å². The second kappa shape index (κ2) is 29.6. The van der Waals surface area contributed by atoms with Gasteiger partial charge in [-0.1, -0.05) is 41.4 Å². The Hall–Kier alpha value is -9.50. The number of carboxylic acids is 3. The Morgan fingerprint density at radius 3 is 1.46 bits per heavy atom. The lowest BCUT2D eigenvalue weighted by molar-refractivity contribution is -0.134. The van der Waals surface area contributed by atoms with Crippen LogP contribution in [0.2, 0.25) is 0 Å². The summed E-state index contributed by atoms with van der Waals surface area (Å²) < 4.78 is 0. The van der Waals surface area contributed by atoms with Crippen molar-refractivity contribution in [1.82, 2.24) is 59.8 Å². The first kappa shape index (κ1) is 60.1. The van der Waals surface area contributed by atoms with Gasteiger partial charge in [0.2, 0.25) is 29.7 Å². The molecule has 5 aliphatic heterocycles. The van der Waals surface area contributed by atoms with E-state index in [1.807, 2.05) is 21.9 Å². The van der Waals surface area contributed by atoms with Gasteiger partial charge in [0, 0.05) is 120 Å². The van der Waals surface area contributed by atoms with Crippen LogP contribution >= 0.6 is 35.3 Å². The molecule has 0 aliphatic carbocycles. The Morgan fingerprint density at radius 2 is 1.09 bits per heavy atom. The van der Waals surface area contributed by atoms with Crippen molar-refractivity contribution in [2.24, 2.45) is 0 Å². The lowest BCUT2D eigenvalue weighted by atomic mass is 10.2. The fourth-order valence-corrected chi connectivity index (χ4v) is 11.1. The lowest BCUT2D eigenvalue weighted by Gasteiger charge is -2.16. The van der Waals surface area contributed by atoms with E-state index in [1.165, 1.54) is 55.7 Å². The standard InChI is InChI=1S/C18H20N6O3S.C18H16N6O2S.C17H18N6O3S/c1-23-14(17(26)27)11-28-16(23)12(10-19)13-5-7-21-18(22-13)20-6-3-9-24-8-2-4-15(24)25;1-24-15(17(25)26)11-27-16(24)13(9-19)14-5-8-22-18(23-14)21-7-4-12-3-2-6-20-10-12;18-9-11(15-21-13(10-27-15)16(25)26)12-4-6-20-17(22-12)19-5-2-8-23-7-1-3-14(23)24/h5,7,11H,2-4,6,8-9H2,1H3,(H,26,27)(H,20,21,22);2-3,5-6,8,10-11H,4,7H2,1H3,(H,25,26)(H,21,22,23);4,6,10,21H,1-3,5,7-8H2,(H,25,26)(H,19,20,22). The van der Waals surface area contributed by atoms with Gasteiger partial charge in [-0.2, -0.15) is 15.8 Å². The minimum absolute atomic E-state index is 0.0200. The molecule has 7 N–H and O–H groups in total. The molecule has 26 nitrogen and oxygen atoms in total. The first-order chi connectivity index (χ1) is 39.7. The van der Waals surface area contributed by atoms with Gasteiger partial charge in [0.05, 0.1) is 32.2 Å². The van der Waals surface area contributed by atoms with E-state index >= 15 is 0 Å². The number of nitrogens with one attached hydrogen (secondary N) is 4. The molecule has 0 atom stereocenters. The number of hydrogen-bond donors (Lipinski definition) is 7. The zero-order chi connectivity index (χ0) is 58.5. The summed E-state index contributed by atoms with van der Waals surface area (Å²) in [4.78, 5) is 93.0. The van der Waals surface area contributed by atoms with Crippen molar-refractivity contribution in [3.63, 3.8) is 0 Å². The summed E-state index contributed by atoms with van der Waals surface area (Å²) in [6.07, 6.45) is 13.6. The first-order valence-electron chi connectivity index (χ1n) is 25.3. The number of rotatable bonds is 20. The fraction of sp³-hybridized carbons (Fsp3) is 0.302. The van der Waals surface area contributed by atoms with E-state index in [9.17, 15) is 50.0 Å². The monoisotopic (exact) mass is 1170 g/mol. The molecule has 29 heteroatoms. The van der Waals surface area contributed by atoms with Gasteiger partial charge in [-0.05, 0) is 61.9 Å². The van der Waals surface area contributed by atoms with Gasteiger partial charge in [-0.3, -0.25) is 14.6 Å². The van der Waals surface area contributed by atoms with Gasteiger partial charge < -0.3 is 56.2 Å². The molecule has 9 heterocycles. The SMILES string of the molecule is CN1C(C(=O)O)=CSC1=C(C#N)c1ccnc(NCCCN2CCCC2=O)n1.CN1C(C(=O)O)=CSC1=C(C#N)c1ccnc(NCCc2cccnc2)n1.N#CC(=C1NC(C(=O)O)=CS1)c1ccnc(NCCCN2CCCC2=O)n1. The average Bonchev–Trinajstić information content (AvgIpc) is 4.49. The van der Waals surface area contributed by atoms with Crippen molar-refractivity contribution in [3.8, 4) is 18.2 Å². The number of thioether (sulfide) groups is 3. The normalized spacial score (nSPS) is 17.1. The molecule has 0 unspecified atom stereocenters. The summed E-state index contributed by atoms with van der Waals surface area (Å²) in [5.41, 5.74) is 3.43. The fourth-order valence-electron chi connectivity index (χ4n) is 8.21. The molecular weight excluding hydrogens is 1110 g/mol. The number of hydrogen-bond acceptors (Lipinski definition) is 24. The number of carboxylic acid groups (broad SMARTS) is 3. The summed E-state index contributed by atoms with van der Waals surface area (Å²) >= 11 is 3.50. The highest BCUT2D eigenvalue weighted by atomic mass is 32.2. The number of likely N-dealkylation sites (tertiary alicyclic amines) is 2. The van der Waals surface area contributed by atoms with E-state index in [4.69, 9.17) is 5.11 Å². The number of anilines is 3. The predicted molar refractivity (Wildman–Crippen MR) is 307 cm³/mol. The summed E-state index contributed by atoms with van der Waals surface area (Å²) in [5.74, 6) is -1.61. The van der Waals surface area contributed by atoms with Gasteiger partial charge in [0.1, 0.15) is 52.0 Å². The molecule has 422 valence electrons. The highest BCUT2D eigenvalue weighted by Crippen LogP contribution is 2.39. The zero-order valence-corrected chi connectivity index (χ0v) is 46.7. The zero-order valence-electron chi connectivity index (χ0n) is 44.3. The minimum atomic E-state index is -1.09. The second-order valence-electron chi connectivity index (χ2n) is 17.8. The number of nitrogens with zero attached hydrogens (tertiary/aromatic N) is 14. The van der Waals surface area contributed by atoms with Crippen molar-refractivity contribution in [2.45, 2.75) is 44.9 Å². The molecule has 82 heavy (non-hydrogen) atoms. The molecule has 2 amide bonds. The number of carbonyl (C=O) groups excluding carboxylic acids is 2. The topological polar surface area (TPSA) is 369 Å². The molecule has 0 spiro atoms. The Bertz CT molecular complexity index is 3410. The molecule has 9 rings (SSSR count). The van der Waals surface area contributed by atoms with Crippen molar-refractivity contribution >= 4 is 99.6 Å². The molecule has 2 fully saturated rings. The van der Waals surface area contributed by atoms with E-state index in [2.05, 4.69) is 74.4 Å². The molecule has 4 aromatic heterocycles. The maximum absolute atomic E-state index is 11.6. The number of carbonyl (C=O) groups is 5. The second-order valence-corrected chi connectivity index (χ2v) is 20.4. The van der Waals surface area contributed by atoms with Gasteiger partial charge >= 0.3 is 17.9 Å². The number of aromatic nitrogens is 7. The number of amides is 2. The highest BCUT2D eigenvalue weighted by Gasteiger charge is 2.29. The van der Waals surface area contributed by atoms with Crippen molar-refractivity contribution in [2.75, 3.05) is 75.9 Å². The molecule has 0 bridgehead atoms. The number of likely N-dealkylation sites (N-methyl/N-ethyl adjacent to an activating group) is 2. The van der Waals surface area contributed by atoms with Crippen LogP contribution in [0.3, 0.4) is 0 Å². The third-order valence-electron chi connectivity index (χ3n) is 12.4. The summed E-state index contributed by atoms with van der Waals surface area (Å²) in [6, 6.07) is 15.0. The van der Waals surface area contributed by atoms with Crippen LogP contribution in [0.5, 0.6) is 0 Å². The number of allylic oxidation sites excluding steroid dienone is 3. The third-order valence-corrected chi connectivity index (χ3v) is 15.4. The Kier molecular flexibility index (Phi) is 21.7. The minimum Gasteiger partial charge on any atom is -0.477 e. The number of aliphatic carboxylic acids is 3. The first-order valence-corrected chi connectivity index (χ1v) is 28.0. The highest BCUT2D eigenvalue weighted by molar-refractivity contribution is 8.06. The smallest absolute Gasteiger partial charge is 0.353 e. The summed E-state index contributed by atoms with van der Waals surface area (Å²) in [6.45, 7) is 4.86. The van der Waals surface area contributed by atoms with Crippen LogP contribution in [0.15, 0.2) is 110 Å². The quantitative estimate of drug-likeness (QED) is 0.0431. The summed E-state index contributed by atoms with van der Waals surface area (Å²) in [7, 11) is 3.22. The van der Waals surface area contributed by atoms with E-state index in [-0.39, 0.29) is 40.1 Å². The van der Waals surface area contributed by atoms with Crippen LogP contribution < -0.4 is 21.3 Å². The maximum Gasteiger partial charge on any atom is 0.353 e. The van der Waals surface area contributed by atoms with Crippen LogP contribution in [-0.2, 0) is 30.4 Å². The van der Waals surface area contributed by atoms with E-state index in [1.54, 1.807) is 57.1 Å². The lowest BCUT2D eigenvalue weighted by Crippen LogP contribution is -2.27. The van der Waals surface area contributed by atoms with Crippen molar-refractivity contribution in [1.29, 1.82) is 15.8 Å². The Labute approximate surface area is 483 Å². The molecule has 5 aliphatic rings. The molecule has 0 radical (unpaired) electrons. The Morgan fingerprint density at radius 1 is 0.622 bits per heavy atom. The van der Waals surface area contributed by atoms with Crippen molar-refractivity contribution in [3.05, 3.63) is 132 Å². The van der Waals surface area contributed by atoms with Gasteiger partial charge in [-0.25, -0.2) is 44.3 Å². The van der Waals surface area contributed by atoms with Gasteiger partial charge in [0.15, 0.2) is 0 Å². The van der Waals surface area contributed by atoms with Crippen LogP contribution in [0, 0.1) is 34.0 Å². The Balaban J connectivity index is 0.000000177. The van der Waals surface area contributed by atoms with E-state index in [0.29, 0.717) is 101 Å². The third kappa shape index (κ3) is 16.1. The van der Waals surface area contributed by atoms with E-state index in [0.717, 1.165) is 62.5 Å². The molecule has 2 saturated heterocycles. The van der Waals surface area contributed by atoms with E-state index < -0.39 is 17.9 Å². The summed E-state index contributed by atoms with van der Waals surface area (Å²) in [5, 5.41) is 74.0. The van der Waals surface area contributed by atoms with Crippen LogP contribution in [0.25, 0.3) is 16.7 Å². The number of nitriles is 3. The van der Waals surface area contributed by atoms with Crippen LogP contribution in [0.4, 0.5) is 17.8 Å². The van der Waals surface area contributed by atoms with Crippen molar-refractivity contribution < 1.29 is 39.3 Å². The predicted octanol–water partition coefficient (Wildman–Crippen LogP) is 5.38. The average molecular weight is 1170 g/mol. The molecule has 4 aromatic rings.